The Morgan fingerprint density at radius 2 is 1.88 bits per heavy atom. The number of carbonyl (C=O) groups is 1. The number of methoxy groups -OCH3 is 1. The first-order valence-electron chi connectivity index (χ1n) is 7.58. The average Bonchev–Trinajstić information content (AvgIpc) is 2.59. The Morgan fingerprint density at radius 1 is 1.16 bits per heavy atom. The number of halogens is 1. The summed E-state index contributed by atoms with van der Waals surface area (Å²) in [5.41, 5.74) is 0.910. The van der Waals surface area contributed by atoms with Gasteiger partial charge in [-0.1, -0.05) is 17.7 Å². The van der Waals surface area contributed by atoms with Crippen LogP contribution in [0.15, 0.2) is 53.4 Å². The number of sulfonamides is 1. The lowest BCUT2D eigenvalue weighted by molar-refractivity contribution is 0.102. The van der Waals surface area contributed by atoms with Crippen molar-refractivity contribution in [3.8, 4) is 0 Å². The molecule has 0 heterocycles. The van der Waals surface area contributed by atoms with Crippen LogP contribution in [0, 0.1) is 0 Å². The number of hydrogen-bond donors (Lipinski definition) is 2. The van der Waals surface area contributed by atoms with Crippen LogP contribution in [0.4, 0.5) is 5.69 Å². The largest absolute Gasteiger partial charge is 0.385 e. The first-order chi connectivity index (χ1) is 11.9. The third kappa shape index (κ3) is 5.82. The third-order valence-electron chi connectivity index (χ3n) is 3.33. The summed E-state index contributed by atoms with van der Waals surface area (Å²) >= 11 is 5.86. The van der Waals surface area contributed by atoms with E-state index >= 15 is 0 Å². The molecule has 0 unspecified atom stereocenters. The number of anilines is 1. The van der Waals surface area contributed by atoms with Crippen molar-refractivity contribution in [1.29, 1.82) is 0 Å². The molecule has 134 valence electrons. The van der Waals surface area contributed by atoms with Crippen molar-refractivity contribution in [1.82, 2.24) is 4.72 Å². The van der Waals surface area contributed by atoms with Gasteiger partial charge in [-0.15, -0.1) is 0 Å². The van der Waals surface area contributed by atoms with E-state index in [0.717, 1.165) is 0 Å². The maximum absolute atomic E-state index is 12.1. The van der Waals surface area contributed by atoms with E-state index in [9.17, 15) is 13.2 Å². The Balaban J connectivity index is 2.00. The summed E-state index contributed by atoms with van der Waals surface area (Å²) in [4.78, 5) is 12.3. The van der Waals surface area contributed by atoms with E-state index in [1.807, 2.05) is 0 Å². The van der Waals surface area contributed by atoms with Crippen molar-refractivity contribution in [3.63, 3.8) is 0 Å². The molecule has 2 rings (SSSR count). The molecule has 2 aromatic rings. The molecule has 0 aromatic heterocycles. The summed E-state index contributed by atoms with van der Waals surface area (Å²) in [6.07, 6.45) is 0.587. The summed E-state index contributed by atoms with van der Waals surface area (Å²) in [5.74, 6) is -0.323. The van der Waals surface area contributed by atoms with Gasteiger partial charge in [0.05, 0.1) is 4.90 Å². The molecule has 0 fully saturated rings. The van der Waals surface area contributed by atoms with E-state index in [1.54, 1.807) is 31.4 Å². The van der Waals surface area contributed by atoms with E-state index in [-0.39, 0.29) is 10.8 Å². The lowest BCUT2D eigenvalue weighted by Crippen LogP contribution is -2.25. The van der Waals surface area contributed by atoms with Crippen LogP contribution in [0.3, 0.4) is 0 Å². The number of carbonyl (C=O) groups excluding carboxylic acids is 1. The number of hydrogen-bond acceptors (Lipinski definition) is 4. The monoisotopic (exact) mass is 382 g/mol. The minimum Gasteiger partial charge on any atom is -0.385 e. The van der Waals surface area contributed by atoms with Gasteiger partial charge >= 0.3 is 0 Å². The van der Waals surface area contributed by atoms with Crippen LogP contribution >= 0.6 is 11.6 Å². The zero-order valence-electron chi connectivity index (χ0n) is 13.7. The Labute approximate surface area is 152 Å². The van der Waals surface area contributed by atoms with E-state index in [1.165, 1.54) is 24.3 Å². The second-order valence-corrected chi connectivity index (χ2v) is 7.44. The van der Waals surface area contributed by atoms with Crippen LogP contribution in [-0.4, -0.2) is 34.6 Å². The first kappa shape index (κ1) is 19.4. The topological polar surface area (TPSA) is 84.5 Å². The molecule has 8 heteroatoms. The SMILES string of the molecule is COCCCNS(=O)(=O)c1ccc(NC(=O)c2cccc(Cl)c2)cc1. The van der Waals surface area contributed by atoms with Gasteiger partial charge in [0.15, 0.2) is 0 Å². The van der Waals surface area contributed by atoms with Crippen molar-refractivity contribution >= 4 is 33.2 Å². The highest BCUT2D eigenvalue weighted by Gasteiger charge is 2.13. The normalized spacial score (nSPS) is 11.3. The fraction of sp³-hybridized carbons (Fsp3) is 0.235. The van der Waals surface area contributed by atoms with Gasteiger partial charge in [0.2, 0.25) is 10.0 Å². The molecule has 0 radical (unpaired) electrons. The molecule has 0 aliphatic carbocycles. The molecule has 6 nitrogen and oxygen atoms in total. The molecular weight excluding hydrogens is 364 g/mol. The van der Waals surface area contributed by atoms with E-state index in [0.29, 0.717) is 35.8 Å². The lowest BCUT2D eigenvalue weighted by Gasteiger charge is -2.09. The summed E-state index contributed by atoms with van der Waals surface area (Å²) in [7, 11) is -2.02. The Morgan fingerprint density at radius 3 is 2.52 bits per heavy atom. The van der Waals surface area contributed by atoms with Crippen molar-refractivity contribution in [3.05, 3.63) is 59.1 Å². The van der Waals surface area contributed by atoms with E-state index in [2.05, 4.69) is 10.0 Å². The van der Waals surface area contributed by atoms with Gasteiger partial charge in [0, 0.05) is 36.5 Å². The molecule has 0 saturated carbocycles. The minimum absolute atomic E-state index is 0.130. The molecule has 1 amide bonds. The Kier molecular flexibility index (Phi) is 6.95. The van der Waals surface area contributed by atoms with Crippen molar-refractivity contribution in [2.75, 3.05) is 25.6 Å². The highest BCUT2D eigenvalue weighted by molar-refractivity contribution is 7.89. The van der Waals surface area contributed by atoms with Gasteiger partial charge in [-0.2, -0.15) is 0 Å². The third-order valence-corrected chi connectivity index (χ3v) is 5.04. The molecule has 2 aromatic carbocycles. The Bertz CT molecular complexity index is 823. The number of nitrogens with one attached hydrogen (secondary N) is 2. The molecule has 2 N–H and O–H groups in total. The quantitative estimate of drug-likeness (QED) is 0.687. The molecule has 0 saturated heterocycles. The molecule has 25 heavy (non-hydrogen) atoms. The van der Waals surface area contributed by atoms with Crippen LogP contribution in [-0.2, 0) is 14.8 Å². The predicted octanol–water partition coefficient (Wildman–Crippen LogP) is 2.91. The molecule has 0 bridgehead atoms. The maximum Gasteiger partial charge on any atom is 0.255 e. The first-order valence-corrected chi connectivity index (χ1v) is 9.44. The van der Waals surface area contributed by atoms with E-state index in [4.69, 9.17) is 16.3 Å². The van der Waals surface area contributed by atoms with Crippen LogP contribution < -0.4 is 10.0 Å². The van der Waals surface area contributed by atoms with Gasteiger partial charge in [-0.3, -0.25) is 4.79 Å². The summed E-state index contributed by atoms with van der Waals surface area (Å²) < 4.78 is 31.6. The van der Waals surface area contributed by atoms with Crippen LogP contribution in [0.25, 0.3) is 0 Å². The van der Waals surface area contributed by atoms with Gasteiger partial charge in [-0.05, 0) is 48.9 Å². The summed E-state index contributed by atoms with van der Waals surface area (Å²) in [5, 5.41) is 3.16. The standard InChI is InChI=1S/C17H19ClN2O4S/c1-24-11-3-10-19-25(22,23)16-8-6-15(7-9-16)20-17(21)13-4-2-5-14(18)12-13/h2,4-9,12,19H,3,10-11H2,1H3,(H,20,21). The van der Waals surface area contributed by atoms with Crippen molar-refractivity contribution < 1.29 is 17.9 Å². The van der Waals surface area contributed by atoms with Crippen LogP contribution in [0.5, 0.6) is 0 Å². The molecule has 0 aliphatic rings. The van der Waals surface area contributed by atoms with Crippen molar-refractivity contribution in [2.45, 2.75) is 11.3 Å². The molecule has 0 spiro atoms. The fourth-order valence-electron chi connectivity index (χ4n) is 2.06. The number of amides is 1. The molecule has 0 atom stereocenters. The van der Waals surface area contributed by atoms with Crippen molar-refractivity contribution in [2.24, 2.45) is 0 Å². The molecule has 0 aliphatic heterocycles. The second-order valence-electron chi connectivity index (χ2n) is 5.23. The van der Waals surface area contributed by atoms with E-state index < -0.39 is 10.0 Å². The number of rotatable bonds is 8. The second kappa shape index (κ2) is 8.96. The number of benzene rings is 2. The van der Waals surface area contributed by atoms with Gasteiger partial charge in [-0.25, -0.2) is 13.1 Å². The highest BCUT2D eigenvalue weighted by atomic mass is 35.5. The Hall–Kier alpha value is -1.93. The summed E-state index contributed by atoms with van der Waals surface area (Å²) in [6, 6.07) is 12.5. The van der Waals surface area contributed by atoms with Gasteiger partial charge < -0.3 is 10.1 Å². The lowest BCUT2D eigenvalue weighted by atomic mass is 10.2. The minimum atomic E-state index is -3.58. The van der Waals surface area contributed by atoms with Gasteiger partial charge in [0.1, 0.15) is 0 Å². The smallest absolute Gasteiger partial charge is 0.255 e. The zero-order valence-corrected chi connectivity index (χ0v) is 15.2. The average molecular weight is 383 g/mol. The summed E-state index contributed by atoms with van der Waals surface area (Å²) in [6.45, 7) is 0.778. The van der Waals surface area contributed by atoms with Crippen LogP contribution in [0.2, 0.25) is 5.02 Å². The highest BCUT2D eigenvalue weighted by Crippen LogP contribution is 2.16. The fourth-order valence-corrected chi connectivity index (χ4v) is 3.32. The molecular formula is C17H19ClN2O4S. The maximum atomic E-state index is 12.1. The van der Waals surface area contributed by atoms with Crippen LogP contribution in [0.1, 0.15) is 16.8 Å². The predicted molar refractivity (Wildman–Crippen MR) is 97.5 cm³/mol. The number of ether oxygens (including phenoxy) is 1. The van der Waals surface area contributed by atoms with Gasteiger partial charge in [0.25, 0.3) is 5.91 Å². The zero-order chi connectivity index (χ0) is 18.3.